The molecule has 0 fully saturated rings. The van der Waals surface area contributed by atoms with E-state index < -0.39 is 23.2 Å². The molecule has 3 rings (SSSR count). The predicted molar refractivity (Wildman–Crippen MR) is 92.3 cm³/mol. The number of hydrogen-bond acceptors (Lipinski definition) is 4. The Morgan fingerprint density at radius 1 is 1.27 bits per heavy atom. The zero-order valence-corrected chi connectivity index (χ0v) is 14.2. The van der Waals surface area contributed by atoms with Crippen molar-refractivity contribution in [3.8, 4) is 0 Å². The van der Waals surface area contributed by atoms with Gasteiger partial charge in [-0.15, -0.1) is 6.58 Å². The highest BCUT2D eigenvalue weighted by atomic mass is 32.2. The van der Waals surface area contributed by atoms with E-state index in [0.29, 0.717) is 16.5 Å². The quantitative estimate of drug-likeness (QED) is 0.483. The van der Waals surface area contributed by atoms with Crippen molar-refractivity contribution in [1.82, 2.24) is 9.97 Å². The average molecular weight is 381 g/mol. The maximum atomic E-state index is 12.7. The molecule has 0 saturated heterocycles. The van der Waals surface area contributed by atoms with Crippen LogP contribution in [0.4, 0.5) is 19.0 Å². The van der Waals surface area contributed by atoms with Crippen LogP contribution in [0.5, 0.6) is 0 Å². The van der Waals surface area contributed by atoms with Crippen molar-refractivity contribution in [3.05, 3.63) is 64.0 Å². The number of anilines is 1. The normalized spacial score (nSPS) is 16.7. The Hall–Kier alpha value is -2.55. The highest BCUT2D eigenvalue weighted by Crippen LogP contribution is 2.36. The molecule has 0 unspecified atom stereocenters. The monoisotopic (exact) mass is 381 g/mol. The molecule has 2 heterocycles. The molecule has 136 valence electrons. The number of alkyl halides is 3. The van der Waals surface area contributed by atoms with Gasteiger partial charge in [0.25, 0.3) is 5.56 Å². The van der Waals surface area contributed by atoms with Gasteiger partial charge in [0.2, 0.25) is 5.91 Å². The van der Waals surface area contributed by atoms with Crippen molar-refractivity contribution < 1.29 is 18.0 Å². The number of thioether (sulfide) groups is 1. The fraction of sp³-hybridized carbons (Fsp3) is 0.235. The van der Waals surface area contributed by atoms with Crippen LogP contribution in [0.25, 0.3) is 0 Å². The molecule has 1 aromatic carbocycles. The zero-order chi connectivity index (χ0) is 18.9. The molecule has 1 aliphatic rings. The molecule has 5 nitrogen and oxygen atoms in total. The first-order valence-corrected chi connectivity index (χ1v) is 8.63. The molecule has 2 N–H and O–H groups in total. The fourth-order valence-electron chi connectivity index (χ4n) is 2.75. The molecule has 1 aromatic heterocycles. The summed E-state index contributed by atoms with van der Waals surface area (Å²) in [5.74, 6) is -0.338. The SMILES string of the molecule is C=CCSc1nc2c(c(=O)[nH]1)[C@@H](c1ccc(C(F)(F)F)cc1)CC(=O)N2. The minimum atomic E-state index is -4.45. The van der Waals surface area contributed by atoms with Crippen molar-refractivity contribution in [2.45, 2.75) is 23.7 Å². The first-order valence-electron chi connectivity index (χ1n) is 7.64. The number of carbonyl (C=O) groups is 1. The molecular weight excluding hydrogens is 367 g/mol. The lowest BCUT2D eigenvalue weighted by molar-refractivity contribution is -0.137. The van der Waals surface area contributed by atoms with Crippen LogP contribution in [-0.4, -0.2) is 21.6 Å². The Bertz CT molecular complexity index is 907. The predicted octanol–water partition coefficient (Wildman–Crippen LogP) is 3.54. The summed E-state index contributed by atoms with van der Waals surface area (Å²) in [5.41, 5.74) is -0.517. The van der Waals surface area contributed by atoms with Gasteiger partial charge in [0.1, 0.15) is 5.82 Å². The molecule has 1 aliphatic heterocycles. The summed E-state index contributed by atoms with van der Waals surface area (Å²) in [6.07, 6.45) is -2.84. The minimum Gasteiger partial charge on any atom is -0.310 e. The van der Waals surface area contributed by atoms with Crippen molar-refractivity contribution in [1.29, 1.82) is 0 Å². The Balaban J connectivity index is 2.02. The number of H-pyrrole nitrogens is 1. The maximum absolute atomic E-state index is 12.7. The number of rotatable bonds is 4. The summed E-state index contributed by atoms with van der Waals surface area (Å²) in [6, 6.07) is 4.46. The van der Waals surface area contributed by atoms with Gasteiger partial charge in [-0.05, 0) is 17.7 Å². The summed E-state index contributed by atoms with van der Waals surface area (Å²) in [6.45, 7) is 3.58. The van der Waals surface area contributed by atoms with Crippen LogP contribution in [-0.2, 0) is 11.0 Å². The van der Waals surface area contributed by atoms with E-state index in [1.807, 2.05) is 0 Å². The topological polar surface area (TPSA) is 74.8 Å². The van der Waals surface area contributed by atoms with E-state index >= 15 is 0 Å². The minimum absolute atomic E-state index is 0.0394. The van der Waals surface area contributed by atoms with Gasteiger partial charge >= 0.3 is 6.18 Å². The lowest BCUT2D eigenvalue weighted by Crippen LogP contribution is -2.31. The van der Waals surface area contributed by atoms with Gasteiger partial charge in [-0.2, -0.15) is 13.2 Å². The summed E-state index contributed by atoms with van der Waals surface area (Å²) in [7, 11) is 0. The zero-order valence-electron chi connectivity index (χ0n) is 13.4. The first-order chi connectivity index (χ1) is 12.3. The second kappa shape index (κ2) is 6.99. The Labute approximate surface area is 150 Å². The number of hydrogen-bond donors (Lipinski definition) is 2. The summed E-state index contributed by atoms with van der Waals surface area (Å²) in [5, 5.41) is 2.90. The maximum Gasteiger partial charge on any atom is 0.416 e. The second-order valence-electron chi connectivity index (χ2n) is 5.66. The van der Waals surface area contributed by atoms with E-state index in [2.05, 4.69) is 21.9 Å². The number of fused-ring (bicyclic) bond motifs is 1. The van der Waals surface area contributed by atoms with E-state index in [-0.39, 0.29) is 23.7 Å². The number of halogens is 3. The van der Waals surface area contributed by atoms with Crippen molar-refractivity contribution in [2.24, 2.45) is 0 Å². The number of amides is 1. The van der Waals surface area contributed by atoms with Crippen LogP contribution in [0.3, 0.4) is 0 Å². The molecule has 1 amide bonds. The molecule has 0 spiro atoms. The molecule has 0 saturated carbocycles. The Morgan fingerprint density at radius 2 is 1.96 bits per heavy atom. The first kappa shape index (κ1) is 18.2. The molecule has 0 radical (unpaired) electrons. The number of carbonyl (C=O) groups excluding carboxylic acids is 1. The van der Waals surface area contributed by atoms with Gasteiger partial charge in [-0.25, -0.2) is 4.98 Å². The van der Waals surface area contributed by atoms with Crippen LogP contribution < -0.4 is 10.9 Å². The van der Waals surface area contributed by atoms with Crippen LogP contribution in [0.1, 0.15) is 29.0 Å². The molecule has 2 aromatic rings. The van der Waals surface area contributed by atoms with Crippen LogP contribution >= 0.6 is 11.8 Å². The van der Waals surface area contributed by atoms with E-state index in [0.717, 1.165) is 12.1 Å². The fourth-order valence-corrected chi connectivity index (χ4v) is 3.34. The number of nitrogens with zero attached hydrogens (tertiary/aromatic N) is 1. The van der Waals surface area contributed by atoms with Gasteiger partial charge < -0.3 is 10.3 Å². The molecule has 9 heteroatoms. The summed E-state index contributed by atoms with van der Waals surface area (Å²) < 4.78 is 38.2. The third-order valence-electron chi connectivity index (χ3n) is 3.91. The van der Waals surface area contributed by atoms with Crippen molar-refractivity contribution >= 4 is 23.5 Å². The van der Waals surface area contributed by atoms with Crippen LogP contribution in [0.15, 0.2) is 46.9 Å². The lowest BCUT2D eigenvalue weighted by atomic mass is 9.86. The van der Waals surface area contributed by atoms with E-state index in [4.69, 9.17) is 0 Å². The van der Waals surface area contributed by atoms with Crippen LogP contribution in [0, 0.1) is 0 Å². The van der Waals surface area contributed by atoms with Gasteiger partial charge in [0.05, 0.1) is 11.1 Å². The Morgan fingerprint density at radius 3 is 2.58 bits per heavy atom. The third kappa shape index (κ3) is 3.67. The highest BCUT2D eigenvalue weighted by Gasteiger charge is 2.33. The third-order valence-corrected chi connectivity index (χ3v) is 4.78. The summed E-state index contributed by atoms with van der Waals surface area (Å²) in [4.78, 5) is 31.4. The lowest BCUT2D eigenvalue weighted by Gasteiger charge is -2.24. The second-order valence-corrected chi connectivity index (χ2v) is 6.67. The molecule has 0 bridgehead atoms. The number of aromatic nitrogens is 2. The average Bonchev–Trinajstić information content (AvgIpc) is 2.58. The number of benzene rings is 1. The largest absolute Gasteiger partial charge is 0.416 e. The highest BCUT2D eigenvalue weighted by molar-refractivity contribution is 7.99. The Kier molecular flexibility index (Phi) is 4.90. The standard InChI is InChI=1S/C17H14F3N3O2S/c1-2-7-26-16-22-14-13(15(25)23-16)11(8-12(24)21-14)9-3-5-10(6-4-9)17(18,19)20/h2-6,11H,1,7-8H2,(H2,21,22,23,24,25)/t11-/m1/s1. The van der Waals surface area contributed by atoms with Gasteiger partial charge in [-0.3, -0.25) is 9.59 Å². The van der Waals surface area contributed by atoms with E-state index in [1.165, 1.54) is 23.9 Å². The van der Waals surface area contributed by atoms with Crippen molar-refractivity contribution in [3.63, 3.8) is 0 Å². The van der Waals surface area contributed by atoms with Crippen LogP contribution in [0.2, 0.25) is 0 Å². The summed E-state index contributed by atoms with van der Waals surface area (Å²) >= 11 is 1.25. The molecule has 1 atom stereocenters. The molecule has 0 aliphatic carbocycles. The molecular formula is C17H14F3N3O2S. The van der Waals surface area contributed by atoms with E-state index in [9.17, 15) is 22.8 Å². The number of nitrogens with one attached hydrogen (secondary N) is 2. The smallest absolute Gasteiger partial charge is 0.310 e. The van der Waals surface area contributed by atoms with Gasteiger partial charge in [0.15, 0.2) is 5.16 Å². The van der Waals surface area contributed by atoms with Gasteiger partial charge in [-0.1, -0.05) is 30.0 Å². The number of aromatic amines is 1. The van der Waals surface area contributed by atoms with Crippen molar-refractivity contribution in [2.75, 3.05) is 11.1 Å². The molecule has 26 heavy (non-hydrogen) atoms. The van der Waals surface area contributed by atoms with Gasteiger partial charge in [0, 0.05) is 18.1 Å². The van der Waals surface area contributed by atoms with E-state index in [1.54, 1.807) is 6.08 Å².